The maximum atomic E-state index is 11.6. The van der Waals surface area contributed by atoms with Gasteiger partial charge in [-0.2, -0.15) is 0 Å². The SMILES string of the molecule is CCCCCCCC(=O)OC(C)CCCCCOC(C)=O. The summed E-state index contributed by atoms with van der Waals surface area (Å²) in [6.45, 7) is 6.04. The van der Waals surface area contributed by atoms with Gasteiger partial charge in [0, 0.05) is 13.3 Å². The van der Waals surface area contributed by atoms with Gasteiger partial charge >= 0.3 is 11.9 Å². The number of hydrogen-bond donors (Lipinski definition) is 0. The van der Waals surface area contributed by atoms with Crippen molar-refractivity contribution in [2.75, 3.05) is 6.61 Å². The van der Waals surface area contributed by atoms with Gasteiger partial charge in [-0.05, 0) is 39.0 Å². The molecular formula is C17H32O4. The van der Waals surface area contributed by atoms with Crippen LogP contribution in [0, 0.1) is 0 Å². The minimum Gasteiger partial charge on any atom is -0.466 e. The molecule has 0 amide bonds. The Labute approximate surface area is 129 Å². The van der Waals surface area contributed by atoms with Gasteiger partial charge in [-0.25, -0.2) is 0 Å². The monoisotopic (exact) mass is 300 g/mol. The summed E-state index contributed by atoms with van der Waals surface area (Å²) in [7, 11) is 0. The zero-order chi connectivity index (χ0) is 15.9. The number of unbranched alkanes of at least 4 members (excludes halogenated alkanes) is 6. The molecule has 0 aromatic carbocycles. The third kappa shape index (κ3) is 15.2. The maximum absolute atomic E-state index is 11.6. The Bertz CT molecular complexity index is 276. The highest BCUT2D eigenvalue weighted by molar-refractivity contribution is 5.69. The molecule has 0 spiro atoms. The van der Waals surface area contributed by atoms with Gasteiger partial charge in [0.25, 0.3) is 0 Å². The molecule has 0 radical (unpaired) electrons. The Kier molecular flexibility index (Phi) is 13.2. The van der Waals surface area contributed by atoms with Crippen LogP contribution in [0.4, 0.5) is 0 Å². The van der Waals surface area contributed by atoms with Crippen LogP contribution in [0.1, 0.15) is 85.0 Å². The van der Waals surface area contributed by atoms with E-state index >= 15 is 0 Å². The average Bonchev–Trinajstić information content (AvgIpc) is 2.42. The molecule has 0 bridgehead atoms. The molecular weight excluding hydrogens is 268 g/mol. The van der Waals surface area contributed by atoms with Crippen LogP contribution >= 0.6 is 0 Å². The third-order valence-corrected chi connectivity index (χ3v) is 3.38. The predicted octanol–water partition coefficient (Wildman–Crippen LogP) is 4.40. The van der Waals surface area contributed by atoms with Crippen LogP contribution in [0.15, 0.2) is 0 Å². The van der Waals surface area contributed by atoms with Crippen molar-refractivity contribution < 1.29 is 19.1 Å². The highest BCUT2D eigenvalue weighted by Crippen LogP contribution is 2.10. The highest BCUT2D eigenvalue weighted by atomic mass is 16.5. The Morgan fingerprint density at radius 3 is 2.29 bits per heavy atom. The number of esters is 2. The molecule has 0 saturated heterocycles. The van der Waals surface area contributed by atoms with E-state index in [2.05, 4.69) is 6.92 Å². The van der Waals surface area contributed by atoms with Crippen LogP contribution < -0.4 is 0 Å². The van der Waals surface area contributed by atoms with Crippen molar-refractivity contribution in [3.8, 4) is 0 Å². The normalized spacial score (nSPS) is 12.0. The summed E-state index contributed by atoms with van der Waals surface area (Å²) in [5.74, 6) is -0.296. The van der Waals surface area contributed by atoms with Crippen molar-refractivity contribution in [3.63, 3.8) is 0 Å². The van der Waals surface area contributed by atoms with Crippen LogP contribution in [0.25, 0.3) is 0 Å². The molecule has 0 saturated carbocycles. The van der Waals surface area contributed by atoms with E-state index in [1.165, 1.54) is 26.2 Å². The zero-order valence-corrected chi connectivity index (χ0v) is 14.0. The standard InChI is InChI=1S/C17H32O4/c1-4-5-6-7-10-13-17(19)21-15(2)12-9-8-11-14-20-16(3)18/h15H,4-14H2,1-3H3. The Hall–Kier alpha value is -1.06. The molecule has 0 aliphatic carbocycles. The minimum atomic E-state index is -0.226. The molecule has 0 rings (SSSR count). The maximum Gasteiger partial charge on any atom is 0.306 e. The first-order valence-corrected chi connectivity index (χ1v) is 8.39. The van der Waals surface area contributed by atoms with Gasteiger partial charge in [-0.15, -0.1) is 0 Å². The van der Waals surface area contributed by atoms with E-state index in [9.17, 15) is 9.59 Å². The summed E-state index contributed by atoms with van der Waals surface area (Å²) < 4.78 is 10.2. The first kappa shape index (κ1) is 19.9. The van der Waals surface area contributed by atoms with E-state index in [-0.39, 0.29) is 18.0 Å². The van der Waals surface area contributed by atoms with Crippen LogP contribution in [0.2, 0.25) is 0 Å². The molecule has 124 valence electrons. The number of hydrogen-bond acceptors (Lipinski definition) is 4. The Morgan fingerprint density at radius 1 is 0.952 bits per heavy atom. The largest absolute Gasteiger partial charge is 0.466 e. The van der Waals surface area contributed by atoms with E-state index in [1.54, 1.807) is 0 Å². The van der Waals surface area contributed by atoms with Gasteiger partial charge in [-0.3, -0.25) is 9.59 Å². The van der Waals surface area contributed by atoms with Gasteiger partial charge in [0.2, 0.25) is 0 Å². The number of rotatable bonds is 13. The zero-order valence-electron chi connectivity index (χ0n) is 14.0. The molecule has 1 unspecified atom stereocenters. The van der Waals surface area contributed by atoms with Gasteiger partial charge in [0.15, 0.2) is 0 Å². The number of ether oxygens (including phenoxy) is 2. The molecule has 0 N–H and O–H groups in total. The van der Waals surface area contributed by atoms with Gasteiger partial charge in [0.05, 0.1) is 12.7 Å². The second-order valence-electron chi connectivity index (χ2n) is 5.65. The fraction of sp³-hybridized carbons (Fsp3) is 0.882. The van der Waals surface area contributed by atoms with Crippen molar-refractivity contribution in [2.45, 2.75) is 91.1 Å². The second-order valence-corrected chi connectivity index (χ2v) is 5.65. The van der Waals surface area contributed by atoms with Gasteiger partial charge in [-0.1, -0.05) is 32.6 Å². The Balaban J connectivity index is 3.40. The fourth-order valence-corrected chi connectivity index (χ4v) is 2.14. The predicted molar refractivity (Wildman–Crippen MR) is 84.0 cm³/mol. The molecule has 0 aliphatic heterocycles. The molecule has 0 aliphatic rings. The molecule has 1 atom stereocenters. The molecule has 0 fully saturated rings. The summed E-state index contributed by atoms with van der Waals surface area (Å²) in [6, 6.07) is 0. The number of carbonyl (C=O) groups is 2. The van der Waals surface area contributed by atoms with Crippen LogP contribution in [-0.4, -0.2) is 24.6 Å². The first-order chi connectivity index (χ1) is 10.1. The van der Waals surface area contributed by atoms with Gasteiger partial charge < -0.3 is 9.47 Å². The highest BCUT2D eigenvalue weighted by Gasteiger charge is 2.09. The topological polar surface area (TPSA) is 52.6 Å². The summed E-state index contributed by atoms with van der Waals surface area (Å²) >= 11 is 0. The van der Waals surface area contributed by atoms with Crippen molar-refractivity contribution in [1.29, 1.82) is 0 Å². The molecule has 4 heteroatoms. The van der Waals surface area contributed by atoms with Crippen LogP contribution in [0.5, 0.6) is 0 Å². The quantitative estimate of drug-likeness (QED) is 0.373. The molecule has 0 aromatic rings. The molecule has 0 heterocycles. The molecule has 0 aromatic heterocycles. The second kappa shape index (κ2) is 13.9. The average molecular weight is 300 g/mol. The summed E-state index contributed by atoms with van der Waals surface area (Å²) in [5.41, 5.74) is 0. The summed E-state index contributed by atoms with van der Waals surface area (Å²) in [5, 5.41) is 0. The lowest BCUT2D eigenvalue weighted by atomic mass is 10.1. The van der Waals surface area contributed by atoms with E-state index in [0.29, 0.717) is 13.0 Å². The van der Waals surface area contributed by atoms with Gasteiger partial charge in [0.1, 0.15) is 0 Å². The lowest BCUT2D eigenvalue weighted by molar-refractivity contribution is -0.148. The molecule has 21 heavy (non-hydrogen) atoms. The lowest BCUT2D eigenvalue weighted by Crippen LogP contribution is -2.14. The fourth-order valence-electron chi connectivity index (χ4n) is 2.14. The summed E-state index contributed by atoms with van der Waals surface area (Å²) in [4.78, 5) is 22.2. The van der Waals surface area contributed by atoms with E-state index < -0.39 is 0 Å². The van der Waals surface area contributed by atoms with E-state index in [4.69, 9.17) is 9.47 Å². The van der Waals surface area contributed by atoms with Crippen molar-refractivity contribution in [3.05, 3.63) is 0 Å². The smallest absolute Gasteiger partial charge is 0.306 e. The Morgan fingerprint density at radius 2 is 1.62 bits per heavy atom. The third-order valence-electron chi connectivity index (χ3n) is 3.38. The van der Waals surface area contributed by atoms with Crippen LogP contribution in [-0.2, 0) is 19.1 Å². The van der Waals surface area contributed by atoms with E-state index in [1.807, 2.05) is 6.92 Å². The van der Waals surface area contributed by atoms with Crippen molar-refractivity contribution >= 4 is 11.9 Å². The lowest BCUT2D eigenvalue weighted by Gasteiger charge is -2.13. The minimum absolute atomic E-state index is 0.0122. The van der Waals surface area contributed by atoms with Crippen LogP contribution in [0.3, 0.4) is 0 Å². The first-order valence-electron chi connectivity index (χ1n) is 8.39. The van der Waals surface area contributed by atoms with E-state index in [0.717, 1.165) is 38.5 Å². The summed E-state index contributed by atoms with van der Waals surface area (Å²) in [6.07, 6.45) is 10.0. The van der Waals surface area contributed by atoms with Crippen molar-refractivity contribution in [1.82, 2.24) is 0 Å². The number of carbonyl (C=O) groups excluding carboxylic acids is 2. The molecule has 4 nitrogen and oxygen atoms in total. The van der Waals surface area contributed by atoms with Crippen molar-refractivity contribution in [2.24, 2.45) is 0 Å².